The summed E-state index contributed by atoms with van der Waals surface area (Å²) in [5.74, 6) is 0.340. The van der Waals surface area contributed by atoms with Gasteiger partial charge in [0.1, 0.15) is 0 Å². The lowest BCUT2D eigenvalue weighted by molar-refractivity contribution is 0.0297. The van der Waals surface area contributed by atoms with Gasteiger partial charge in [-0.2, -0.15) is 5.10 Å². The first kappa shape index (κ1) is 25.0. The van der Waals surface area contributed by atoms with E-state index in [1.807, 2.05) is 16.8 Å². The Kier molecular flexibility index (Phi) is 7.09. The molecule has 2 aromatic rings. The van der Waals surface area contributed by atoms with E-state index in [1.165, 1.54) is 6.42 Å². The average Bonchev–Trinajstić information content (AvgIpc) is 3.31. The number of ether oxygens (including phenoxy) is 2. The van der Waals surface area contributed by atoms with Crippen LogP contribution >= 0.6 is 0 Å². The molecular weight excluding hydrogens is 492 g/mol. The van der Waals surface area contributed by atoms with E-state index in [-0.39, 0.29) is 23.4 Å². The van der Waals surface area contributed by atoms with Gasteiger partial charge in [-0.25, -0.2) is 8.42 Å². The second kappa shape index (κ2) is 10.5. The smallest absolute Gasteiger partial charge is 0.274 e. The van der Waals surface area contributed by atoms with Crippen molar-refractivity contribution in [2.24, 2.45) is 5.92 Å². The molecule has 3 fully saturated rings. The summed E-state index contributed by atoms with van der Waals surface area (Å²) in [4.78, 5) is 18.2. The maximum absolute atomic E-state index is 13.6. The SMILES string of the molecule is O=C(c1nn([C@H]2CCCN(CCC3CCOCC3)C2)c2c1CS(=O)(=O)c1ccccc1-2)N1CCOCC1. The molecule has 1 amide bonds. The van der Waals surface area contributed by atoms with Crippen molar-refractivity contribution in [3.63, 3.8) is 0 Å². The highest BCUT2D eigenvalue weighted by Gasteiger charge is 2.39. The van der Waals surface area contributed by atoms with Gasteiger partial charge < -0.3 is 19.3 Å². The molecule has 200 valence electrons. The number of amides is 1. The Hall–Kier alpha value is -2.27. The fraction of sp³-hybridized carbons (Fsp3) is 0.630. The number of fused-ring (bicyclic) bond motifs is 3. The predicted octanol–water partition coefficient (Wildman–Crippen LogP) is 2.76. The van der Waals surface area contributed by atoms with Gasteiger partial charge in [0.15, 0.2) is 15.5 Å². The lowest BCUT2D eigenvalue weighted by Gasteiger charge is -2.35. The van der Waals surface area contributed by atoms with Crippen LogP contribution in [-0.2, 0) is 25.1 Å². The van der Waals surface area contributed by atoms with Crippen molar-refractivity contribution < 1.29 is 22.7 Å². The largest absolute Gasteiger partial charge is 0.381 e. The Labute approximate surface area is 218 Å². The third-order valence-electron chi connectivity index (χ3n) is 8.34. The summed E-state index contributed by atoms with van der Waals surface area (Å²) in [6, 6.07) is 7.26. The fourth-order valence-electron chi connectivity index (χ4n) is 6.28. The molecular formula is C27H36N4O5S. The van der Waals surface area contributed by atoms with Gasteiger partial charge in [0.2, 0.25) is 0 Å². The molecule has 3 saturated heterocycles. The van der Waals surface area contributed by atoms with Gasteiger partial charge in [-0.3, -0.25) is 9.48 Å². The lowest BCUT2D eigenvalue weighted by atomic mass is 9.95. The molecule has 6 rings (SSSR count). The number of rotatable bonds is 5. The number of morpholine rings is 1. The summed E-state index contributed by atoms with van der Waals surface area (Å²) < 4.78 is 39.5. The molecule has 4 aliphatic heterocycles. The van der Waals surface area contributed by atoms with Gasteiger partial charge in [-0.15, -0.1) is 0 Å². The number of aromatic nitrogens is 2. The number of sulfone groups is 1. The van der Waals surface area contributed by atoms with E-state index in [0.29, 0.717) is 42.3 Å². The Bertz CT molecular complexity index is 1250. The van der Waals surface area contributed by atoms with Gasteiger partial charge in [-0.1, -0.05) is 18.2 Å². The van der Waals surface area contributed by atoms with Crippen molar-refractivity contribution in [3.05, 3.63) is 35.5 Å². The molecule has 0 N–H and O–H groups in total. The minimum absolute atomic E-state index is 0.0947. The Balaban J connectivity index is 1.33. The molecule has 0 saturated carbocycles. The Morgan fingerprint density at radius 3 is 2.57 bits per heavy atom. The van der Waals surface area contributed by atoms with Crippen LogP contribution in [0, 0.1) is 5.92 Å². The van der Waals surface area contributed by atoms with Crippen molar-refractivity contribution >= 4 is 15.7 Å². The van der Waals surface area contributed by atoms with E-state index < -0.39 is 9.84 Å². The highest BCUT2D eigenvalue weighted by Crippen LogP contribution is 2.42. The molecule has 1 aromatic carbocycles. The minimum Gasteiger partial charge on any atom is -0.381 e. The van der Waals surface area contributed by atoms with Crippen LogP contribution in [0.2, 0.25) is 0 Å². The molecule has 0 bridgehead atoms. The first-order valence-corrected chi connectivity index (χ1v) is 15.3. The number of benzene rings is 1. The number of carbonyl (C=O) groups is 1. The van der Waals surface area contributed by atoms with Gasteiger partial charge in [-0.05, 0) is 57.2 Å². The summed E-state index contributed by atoms with van der Waals surface area (Å²) in [5, 5.41) is 4.92. The highest BCUT2D eigenvalue weighted by molar-refractivity contribution is 7.90. The topological polar surface area (TPSA) is 94.0 Å². The van der Waals surface area contributed by atoms with Crippen LogP contribution in [0.5, 0.6) is 0 Å². The molecule has 1 aromatic heterocycles. The van der Waals surface area contributed by atoms with Crippen LogP contribution < -0.4 is 0 Å². The maximum Gasteiger partial charge on any atom is 0.274 e. The summed E-state index contributed by atoms with van der Waals surface area (Å²) in [5.41, 5.74) is 2.30. The zero-order valence-electron chi connectivity index (χ0n) is 21.3. The summed E-state index contributed by atoms with van der Waals surface area (Å²) >= 11 is 0. The van der Waals surface area contributed by atoms with E-state index in [2.05, 4.69) is 4.90 Å². The zero-order chi connectivity index (χ0) is 25.4. The normalized spacial score (nSPS) is 24.4. The van der Waals surface area contributed by atoms with Crippen molar-refractivity contribution in [1.82, 2.24) is 19.6 Å². The third-order valence-corrected chi connectivity index (χ3v) is 10.0. The van der Waals surface area contributed by atoms with Crippen LogP contribution in [-0.4, -0.2) is 93.1 Å². The molecule has 9 nitrogen and oxygen atoms in total. The van der Waals surface area contributed by atoms with Gasteiger partial charge in [0.25, 0.3) is 5.91 Å². The number of nitrogens with zero attached hydrogens (tertiary/aromatic N) is 4. The summed E-state index contributed by atoms with van der Waals surface area (Å²) in [6.07, 6.45) is 5.47. The van der Waals surface area contributed by atoms with E-state index in [4.69, 9.17) is 14.6 Å². The summed E-state index contributed by atoms with van der Waals surface area (Å²) in [6.45, 7) is 6.67. The zero-order valence-corrected chi connectivity index (χ0v) is 22.1. The fourth-order valence-corrected chi connectivity index (χ4v) is 7.87. The van der Waals surface area contributed by atoms with Crippen LogP contribution in [0.25, 0.3) is 11.3 Å². The monoisotopic (exact) mass is 528 g/mol. The van der Waals surface area contributed by atoms with Gasteiger partial charge in [0, 0.05) is 44.0 Å². The van der Waals surface area contributed by atoms with Crippen molar-refractivity contribution in [1.29, 1.82) is 0 Å². The first-order chi connectivity index (χ1) is 18.0. The van der Waals surface area contributed by atoms with E-state index in [0.717, 1.165) is 70.1 Å². The first-order valence-electron chi connectivity index (χ1n) is 13.6. The van der Waals surface area contributed by atoms with E-state index in [1.54, 1.807) is 17.0 Å². The molecule has 0 aliphatic carbocycles. The molecule has 4 aliphatic rings. The molecule has 1 atom stereocenters. The van der Waals surface area contributed by atoms with Gasteiger partial charge >= 0.3 is 0 Å². The summed E-state index contributed by atoms with van der Waals surface area (Å²) in [7, 11) is -3.56. The Morgan fingerprint density at radius 2 is 1.76 bits per heavy atom. The Morgan fingerprint density at radius 1 is 1.00 bits per heavy atom. The second-order valence-electron chi connectivity index (χ2n) is 10.7. The van der Waals surface area contributed by atoms with Crippen LogP contribution in [0.4, 0.5) is 0 Å². The maximum atomic E-state index is 13.6. The number of carbonyl (C=O) groups excluding carboxylic acids is 1. The van der Waals surface area contributed by atoms with E-state index >= 15 is 0 Å². The molecule has 0 radical (unpaired) electrons. The van der Waals surface area contributed by atoms with Crippen molar-refractivity contribution in [2.75, 3.05) is 59.2 Å². The number of hydrogen-bond acceptors (Lipinski definition) is 7. The molecule has 10 heteroatoms. The average molecular weight is 529 g/mol. The van der Waals surface area contributed by atoms with Crippen molar-refractivity contribution in [3.8, 4) is 11.3 Å². The van der Waals surface area contributed by atoms with Crippen LogP contribution in [0.15, 0.2) is 29.2 Å². The predicted molar refractivity (Wildman–Crippen MR) is 138 cm³/mol. The molecule has 0 unspecified atom stereocenters. The molecule has 5 heterocycles. The van der Waals surface area contributed by atoms with Crippen LogP contribution in [0.1, 0.15) is 54.2 Å². The standard InChI is InChI=1S/C27H36N4O5S/c32-27(30-12-16-36-17-13-30)25-23-19-37(33,34)24-6-2-1-5-22(24)26(23)31(28-25)21-4-3-10-29(18-21)11-7-20-8-14-35-15-9-20/h1-2,5-6,20-21H,3-4,7-19H2/t21-/m0/s1. The molecule has 0 spiro atoms. The molecule has 37 heavy (non-hydrogen) atoms. The second-order valence-corrected chi connectivity index (χ2v) is 12.7. The number of hydrogen-bond donors (Lipinski definition) is 0. The van der Waals surface area contributed by atoms with Crippen LogP contribution in [0.3, 0.4) is 0 Å². The van der Waals surface area contributed by atoms with Gasteiger partial charge in [0.05, 0.1) is 35.6 Å². The van der Waals surface area contributed by atoms with E-state index in [9.17, 15) is 13.2 Å². The highest BCUT2D eigenvalue weighted by atomic mass is 32.2. The quantitative estimate of drug-likeness (QED) is 0.589. The lowest BCUT2D eigenvalue weighted by Crippen LogP contribution is -2.41. The number of likely N-dealkylation sites (tertiary alicyclic amines) is 1. The van der Waals surface area contributed by atoms with Crippen molar-refractivity contribution in [2.45, 2.75) is 48.8 Å². The third kappa shape index (κ3) is 4.96. The number of piperidine rings is 1. The minimum atomic E-state index is -3.56.